The number of benzene rings is 1. The minimum absolute atomic E-state index is 0.143. The van der Waals surface area contributed by atoms with Gasteiger partial charge in [-0.05, 0) is 37.3 Å². The molecule has 21 heavy (non-hydrogen) atoms. The van der Waals surface area contributed by atoms with E-state index in [1.54, 1.807) is 17.0 Å². The molecule has 3 rings (SSSR count). The first-order valence-corrected chi connectivity index (χ1v) is 7.83. The standard InChI is InChI=1S/C17H21NO3/c19-16-9-4-10-18(16)14-7-3-8-15(12-14)21-17(20)11-13-5-1-2-6-13/h3,7-8,12-13H,1-2,4-6,9-11H2. The molecule has 112 valence electrons. The van der Waals surface area contributed by atoms with E-state index in [0.29, 0.717) is 24.5 Å². The molecule has 1 saturated carbocycles. The molecule has 0 aromatic heterocycles. The van der Waals surface area contributed by atoms with E-state index >= 15 is 0 Å². The van der Waals surface area contributed by atoms with Gasteiger partial charge in [-0.15, -0.1) is 0 Å². The lowest BCUT2D eigenvalue weighted by molar-refractivity contribution is -0.135. The van der Waals surface area contributed by atoms with Crippen molar-refractivity contribution in [2.75, 3.05) is 11.4 Å². The zero-order valence-corrected chi connectivity index (χ0v) is 12.2. The van der Waals surface area contributed by atoms with E-state index in [0.717, 1.165) is 31.5 Å². The first kappa shape index (κ1) is 14.1. The highest BCUT2D eigenvalue weighted by Gasteiger charge is 2.23. The third-order valence-electron chi connectivity index (χ3n) is 4.36. The number of rotatable bonds is 4. The van der Waals surface area contributed by atoms with E-state index in [9.17, 15) is 9.59 Å². The van der Waals surface area contributed by atoms with Crippen LogP contribution in [0.1, 0.15) is 44.9 Å². The van der Waals surface area contributed by atoms with Crippen LogP contribution in [0.25, 0.3) is 0 Å². The Balaban J connectivity index is 1.62. The Morgan fingerprint density at radius 1 is 1.24 bits per heavy atom. The monoisotopic (exact) mass is 287 g/mol. The van der Waals surface area contributed by atoms with Gasteiger partial charge in [0.15, 0.2) is 0 Å². The van der Waals surface area contributed by atoms with E-state index < -0.39 is 0 Å². The summed E-state index contributed by atoms with van der Waals surface area (Å²) in [5, 5.41) is 0. The molecule has 4 heteroatoms. The highest BCUT2D eigenvalue weighted by Crippen LogP contribution is 2.29. The van der Waals surface area contributed by atoms with Crippen LogP contribution < -0.4 is 9.64 Å². The van der Waals surface area contributed by atoms with Crippen molar-refractivity contribution in [1.29, 1.82) is 0 Å². The molecule has 0 unspecified atom stereocenters. The summed E-state index contributed by atoms with van der Waals surface area (Å²) in [6, 6.07) is 7.28. The number of hydrogen-bond acceptors (Lipinski definition) is 3. The molecule has 1 aromatic rings. The summed E-state index contributed by atoms with van der Waals surface area (Å²) in [5.74, 6) is 1.01. The summed E-state index contributed by atoms with van der Waals surface area (Å²) < 4.78 is 5.43. The van der Waals surface area contributed by atoms with Crippen molar-refractivity contribution in [3.8, 4) is 5.75 Å². The fraction of sp³-hybridized carbons (Fsp3) is 0.529. The maximum absolute atomic E-state index is 12.0. The number of carbonyl (C=O) groups is 2. The Kier molecular flexibility index (Phi) is 4.23. The highest BCUT2D eigenvalue weighted by atomic mass is 16.5. The lowest BCUT2D eigenvalue weighted by atomic mass is 10.0. The van der Waals surface area contributed by atoms with Crippen molar-refractivity contribution in [1.82, 2.24) is 0 Å². The van der Waals surface area contributed by atoms with Crippen LogP contribution in [0.5, 0.6) is 5.75 Å². The van der Waals surface area contributed by atoms with Crippen LogP contribution in [-0.2, 0) is 9.59 Å². The average molecular weight is 287 g/mol. The van der Waals surface area contributed by atoms with Gasteiger partial charge < -0.3 is 9.64 Å². The maximum atomic E-state index is 12.0. The Hall–Kier alpha value is -1.84. The number of carbonyl (C=O) groups excluding carboxylic acids is 2. The smallest absolute Gasteiger partial charge is 0.311 e. The van der Waals surface area contributed by atoms with Gasteiger partial charge in [0.05, 0.1) is 0 Å². The molecule has 2 aliphatic rings. The lowest BCUT2D eigenvalue weighted by Crippen LogP contribution is -2.23. The normalized spacial score (nSPS) is 19.2. The van der Waals surface area contributed by atoms with Crippen LogP contribution in [0.15, 0.2) is 24.3 Å². The molecule has 1 amide bonds. The molecule has 1 saturated heterocycles. The molecule has 0 bridgehead atoms. The van der Waals surface area contributed by atoms with Crippen molar-refractivity contribution in [2.45, 2.75) is 44.9 Å². The van der Waals surface area contributed by atoms with Crippen LogP contribution in [0.4, 0.5) is 5.69 Å². The summed E-state index contributed by atoms with van der Waals surface area (Å²) in [6.45, 7) is 0.748. The number of amides is 1. The summed E-state index contributed by atoms with van der Waals surface area (Å²) in [7, 11) is 0. The molecule has 0 atom stereocenters. The topological polar surface area (TPSA) is 46.6 Å². The first-order chi connectivity index (χ1) is 10.2. The molecule has 1 aliphatic carbocycles. The quantitative estimate of drug-likeness (QED) is 0.630. The van der Waals surface area contributed by atoms with Crippen molar-refractivity contribution in [3.05, 3.63) is 24.3 Å². The minimum Gasteiger partial charge on any atom is -0.426 e. The second-order valence-electron chi connectivity index (χ2n) is 5.97. The SMILES string of the molecule is O=C(CC1CCCC1)Oc1cccc(N2CCCC2=O)c1. The zero-order valence-electron chi connectivity index (χ0n) is 12.2. The van der Waals surface area contributed by atoms with Crippen molar-refractivity contribution >= 4 is 17.6 Å². The van der Waals surface area contributed by atoms with Crippen LogP contribution in [-0.4, -0.2) is 18.4 Å². The van der Waals surface area contributed by atoms with Crippen LogP contribution >= 0.6 is 0 Å². The van der Waals surface area contributed by atoms with Crippen LogP contribution in [0, 0.1) is 5.92 Å². The Bertz CT molecular complexity index is 535. The molecule has 0 spiro atoms. The van der Waals surface area contributed by atoms with Gasteiger partial charge in [-0.2, -0.15) is 0 Å². The van der Waals surface area contributed by atoms with E-state index in [1.165, 1.54) is 12.8 Å². The predicted octanol–water partition coefficient (Wildman–Crippen LogP) is 3.30. The van der Waals surface area contributed by atoms with Crippen LogP contribution in [0.3, 0.4) is 0 Å². The summed E-state index contributed by atoms with van der Waals surface area (Å²) in [6.07, 6.45) is 6.73. The van der Waals surface area contributed by atoms with Gasteiger partial charge in [0.25, 0.3) is 0 Å². The number of anilines is 1. The summed E-state index contributed by atoms with van der Waals surface area (Å²) in [4.78, 5) is 25.5. The van der Waals surface area contributed by atoms with E-state index in [-0.39, 0.29) is 11.9 Å². The number of nitrogens with zero attached hydrogens (tertiary/aromatic N) is 1. The molecule has 0 radical (unpaired) electrons. The highest BCUT2D eigenvalue weighted by molar-refractivity contribution is 5.95. The molecule has 2 fully saturated rings. The molecule has 1 aromatic carbocycles. The van der Waals surface area contributed by atoms with Crippen molar-refractivity contribution in [2.24, 2.45) is 5.92 Å². The fourth-order valence-electron chi connectivity index (χ4n) is 3.26. The molecule has 0 N–H and O–H groups in total. The van der Waals surface area contributed by atoms with Crippen LogP contribution in [0.2, 0.25) is 0 Å². The maximum Gasteiger partial charge on any atom is 0.311 e. The van der Waals surface area contributed by atoms with Crippen molar-refractivity contribution in [3.63, 3.8) is 0 Å². The Labute approximate surface area is 125 Å². The summed E-state index contributed by atoms with van der Waals surface area (Å²) in [5.41, 5.74) is 0.823. The number of ether oxygens (including phenoxy) is 1. The minimum atomic E-state index is -0.160. The largest absolute Gasteiger partial charge is 0.426 e. The molecule has 1 aliphatic heterocycles. The van der Waals surface area contributed by atoms with Gasteiger partial charge in [0, 0.05) is 31.1 Å². The van der Waals surface area contributed by atoms with Crippen molar-refractivity contribution < 1.29 is 14.3 Å². The molecule has 4 nitrogen and oxygen atoms in total. The van der Waals surface area contributed by atoms with Gasteiger partial charge in [0.1, 0.15) is 5.75 Å². The second-order valence-corrected chi connectivity index (χ2v) is 5.97. The van der Waals surface area contributed by atoms with E-state index in [1.807, 2.05) is 12.1 Å². The predicted molar refractivity (Wildman–Crippen MR) is 80.2 cm³/mol. The Morgan fingerprint density at radius 3 is 2.76 bits per heavy atom. The third kappa shape index (κ3) is 3.43. The number of esters is 1. The van der Waals surface area contributed by atoms with Gasteiger partial charge in [0.2, 0.25) is 5.91 Å². The molecular weight excluding hydrogens is 266 g/mol. The average Bonchev–Trinajstić information content (AvgIpc) is 3.10. The first-order valence-electron chi connectivity index (χ1n) is 7.83. The number of hydrogen-bond donors (Lipinski definition) is 0. The lowest BCUT2D eigenvalue weighted by Gasteiger charge is -2.16. The fourth-order valence-corrected chi connectivity index (χ4v) is 3.26. The molecular formula is C17H21NO3. The zero-order chi connectivity index (χ0) is 14.7. The van der Waals surface area contributed by atoms with Gasteiger partial charge >= 0.3 is 5.97 Å². The molecule has 1 heterocycles. The van der Waals surface area contributed by atoms with Gasteiger partial charge in [-0.3, -0.25) is 9.59 Å². The van der Waals surface area contributed by atoms with Gasteiger partial charge in [-0.25, -0.2) is 0 Å². The Morgan fingerprint density at radius 2 is 2.05 bits per heavy atom. The van der Waals surface area contributed by atoms with Gasteiger partial charge in [-0.1, -0.05) is 18.9 Å². The van der Waals surface area contributed by atoms with E-state index in [4.69, 9.17) is 4.74 Å². The summed E-state index contributed by atoms with van der Waals surface area (Å²) >= 11 is 0. The third-order valence-corrected chi connectivity index (χ3v) is 4.36. The van der Waals surface area contributed by atoms with E-state index in [2.05, 4.69) is 0 Å². The second kappa shape index (κ2) is 6.29.